The van der Waals surface area contributed by atoms with Gasteiger partial charge >= 0.3 is 12.2 Å². The summed E-state index contributed by atoms with van der Waals surface area (Å²) in [5.74, 6) is 0.141. The van der Waals surface area contributed by atoms with Gasteiger partial charge in [0.25, 0.3) is 0 Å². The Morgan fingerprint density at radius 2 is 1.78 bits per heavy atom. The topological polar surface area (TPSA) is 44.8 Å². The van der Waals surface area contributed by atoms with Gasteiger partial charge in [-0.2, -0.15) is 13.2 Å². The van der Waals surface area contributed by atoms with E-state index in [1.54, 1.807) is 29.2 Å². The van der Waals surface area contributed by atoms with E-state index >= 15 is 0 Å². The van der Waals surface area contributed by atoms with Gasteiger partial charge in [0, 0.05) is 26.2 Å². The van der Waals surface area contributed by atoms with Gasteiger partial charge in [0.05, 0.1) is 0 Å². The molecular weight excluding hydrogens is 426 g/mol. The van der Waals surface area contributed by atoms with Crippen molar-refractivity contribution in [2.45, 2.75) is 25.7 Å². The third kappa shape index (κ3) is 7.71. The third-order valence-electron chi connectivity index (χ3n) is 5.31. The van der Waals surface area contributed by atoms with E-state index in [1.165, 1.54) is 24.3 Å². The monoisotopic (exact) mass is 453 g/mol. The van der Waals surface area contributed by atoms with Crippen LogP contribution in [0, 0.1) is 11.7 Å². The molecule has 174 valence electrons. The fourth-order valence-electron chi connectivity index (χ4n) is 3.67. The molecule has 1 saturated heterocycles. The van der Waals surface area contributed by atoms with E-state index in [0.29, 0.717) is 19.0 Å². The van der Waals surface area contributed by atoms with Crippen LogP contribution in [0.1, 0.15) is 17.5 Å². The normalized spacial score (nSPS) is 16.7. The molecular formula is C23H27F4N3O2. The summed E-state index contributed by atoms with van der Waals surface area (Å²) in [6, 6.07) is 11.9. The van der Waals surface area contributed by atoms with Crippen molar-refractivity contribution in [1.82, 2.24) is 15.1 Å². The minimum absolute atomic E-state index is 0.112. The van der Waals surface area contributed by atoms with Crippen LogP contribution in [0.3, 0.4) is 0 Å². The van der Waals surface area contributed by atoms with Crippen LogP contribution in [-0.4, -0.2) is 55.3 Å². The van der Waals surface area contributed by atoms with Crippen molar-refractivity contribution in [2.75, 3.05) is 33.3 Å². The maximum atomic E-state index is 13.2. The average molecular weight is 453 g/mol. The van der Waals surface area contributed by atoms with Crippen molar-refractivity contribution < 1.29 is 27.1 Å². The van der Waals surface area contributed by atoms with Gasteiger partial charge in [-0.25, -0.2) is 9.18 Å². The number of urea groups is 1. The minimum atomic E-state index is -4.39. The Labute approximate surface area is 185 Å². The Morgan fingerprint density at radius 1 is 1.12 bits per heavy atom. The quantitative estimate of drug-likeness (QED) is 0.602. The van der Waals surface area contributed by atoms with Crippen molar-refractivity contribution in [3.8, 4) is 5.75 Å². The SMILES string of the molecule is CN1CC[C@H](CN(Cc2ccc(F)cc2)C(=O)NCc2ccc(OCC(F)(F)F)cc2)C1. The molecule has 1 aliphatic rings. The number of amides is 2. The van der Waals surface area contributed by atoms with E-state index in [1.807, 2.05) is 7.05 Å². The van der Waals surface area contributed by atoms with Gasteiger partial charge in [-0.1, -0.05) is 24.3 Å². The number of carbonyl (C=O) groups excluding carboxylic acids is 1. The molecule has 2 aromatic rings. The predicted molar refractivity (Wildman–Crippen MR) is 113 cm³/mol. The van der Waals surface area contributed by atoms with Gasteiger partial charge in [0.1, 0.15) is 11.6 Å². The number of ether oxygens (including phenoxy) is 1. The molecule has 1 N–H and O–H groups in total. The summed E-state index contributed by atoms with van der Waals surface area (Å²) < 4.78 is 54.7. The number of hydrogen-bond donors (Lipinski definition) is 1. The molecule has 1 atom stereocenters. The van der Waals surface area contributed by atoms with E-state index in [-0.39, 0.29) is 24.1 Å². The van der Waals surface area contributed by atoms with Gasteiger partial charge in [0.15, 0.2) is 6.61 Å². The third-order valence-corrected chi connectivity index (χ3v) is 5.31. The van der Waals surface area contributed by atoms with Gasteiger partial charge in [-0.15, -0.1) is 0 Å². The molecule has 0 aliphatic carbocycles. The van der Waals surface area contributed by atoms with Crippen molar-refractivity contribution >= 4 is 6.03 Å². The lowest BCUT2D eigenvalue weighted by atomic mass is 10.1. The summed E-state index contributed by atoms with van der Waals surface area (Å²) in [4.78, 5) is 16.9. The van der Waals surface area contributed by atoms with Crippen LogP contribution in [0.4, 0.5) is 22.4 Å². The lowest BCUT2D eigenvalue weighted by Crippen LogP contribution is -2.42. The zero-order valence-corrected chi connectivity index (χ0v) is 17.9. The second kappa shape index (κ2) is 10.7. The zero-order valence-electron chi connectivity index (χ0n) is 17.9. The predicted octanol–water partition coefficient (Wildman–Crippen LogP) is 4.43. The maximum absolute atomic E-state index is 13.2. The van der Waals surface area contributed by atoms with E-state index in [9.17, 15) is 22.4 Å². The lowest BCUT2D eigenvalue weighted by molar-refractivity contribution is -0.153. The Bertz CT molecular complexity index is 872. The van der Waals surface area contributed by atoms with Crippen LogP contribution in [-0.2, 0) is 13.1 Å². The summed E-state index contributed by atoms with van der Waals surface area (Å²) in [5.41, 5.74) is 1.57. The number of rotatable bonds is 8. The molecule has 0 bridgehead atoms. The first-order valence-electron chi connectivity index (χ1n) is 10.4. The summed E-state index contributed by atoms with van der Waals surface area (Å²) in [7, 11) is 2.05. The number of likely N-dealkylation sites (tertiary alicyclic amines) is 1. The molecule has 2 aromatic carbocycles. The number of hydrogen-bond acceptors (Lipinski definition) is 3. The van der Waals surface area contributed by atoms with E-state index in [0.717, 1.165) is 30.6 Å². The van der Waals surface area contributed by atoms with Gasteiger partial charge < -0.3 is 19.9 Å². The fraction of sp³-hybridized carbons (Fsp3) is 0.435. The number of carbonyl (C=O) groups is 1. The molecule has 1 heterocycles. The average Bonchev–Trinajstić information content (AvgIpc) is 3.16. The van der Waals surface area contributed by atoms with E-state index in [2.05, 4.69) is 10.2 Å². The number of nitrogens with one attached hydrogen (secondary N) is 1. The number of halogens is 4. The van der Waals surface area contributed by atoms with E-state index < -0.39 is 12.8 Å². The molecule has 0 unspecified atom stereocenters. The summed E-state index contributed by atoms with van der Waals surface area (Å²) in [6.07, 6.45) is -3.39. The molecule has 0 aromatic heterocycles. The molecule has 0 saturated carbocycles. The van der Waals surface area contributed by atoms with Crippen LogP contribution < -0.4 is 10.1 Å². The van der Waals surface area contributed by atoms with Crippen molar-refractivity contribution in [3.63, 3.8) is 0 Å². The highest BCUT2D eigenvalue weighted by atomic mass is 19.4. The molecule has 0 radical (unpaired) electrons. The Balaban J connectivity index is 1.58. The first-order valence-corrected chi connectivity index (χ1v) is 10.4. The van der Waals surface area contributed by atoms with Crippen LogP contribution in [0.25, 0.3) is 0 Å². The summed E-state index contributed by atoms with van der Waals surface area (Å²) >= 11 is 0. The Kier molecular flexibility index (Phi) is 7.95. The number of alkyl halides is 3. The molecule has 32 heavy (non-hydrogen) atoms. The molecule has 1 fully saturated rings. The second-order valence-electron chi connectivity index (χ2n) is 8.13. The first-order chi connectivity index (χ1) is 15.2. The molecule has 2 amide bonds. The summed E-state index contributed by atoms with van der Waals surface area (Å²) in [5, 5.41) is 2.87. The van der Waals surface area contributed by atoms with Gasteiger partial charge in [0.2, 0.25) is 0 Å². The molecule has 5 nitrogen and oxygen atoms in total. The second-order valence-corrected chi connectivity index (χ2v) is 8.13. The first kappa shape index (κ1) is 23.8. The van der Waals surface area contributed by atoms with Crippen LogP contribution >= 0.6 is 0 Å². The highest BCUT2D eigenvalue weighted by Gasteiger charge is 2.28. The minimum Gasteiger partial charge on any atom is -0.484 e. The van der Waals surface area contributed by atoms with Crippen LogP contribution in [0.5, 0.6) is 5.75 Å². The fourth-order valence-corrected chi connectivity index (χ4v) is 3.67. The van der Waals surface area contributed by atoms with Crippen molar-refractivity contribution in [2.24, 2.45) is 5.92 Å². The smallest absolute Gasteiger partial charge is 0.422 e. The van der Waals surface area contributed by atoms with Crippen LogP contribution in [0.15, 0.2) is 48.5 Å². The molecule has 0 spiro atoms. The number of benzene rings is 2. The standard InChI is InChI=1S/C23H27F4N3O2/c1-29-11-10-19(13-29)15-30(14-18-2-6-20(24)7-3-18)22(31)28-12-17-4-8-21(9-5-17)32-16-23(25,26)27/h2-9,19H,10-16H2,1H3,(H,28,31)/t19-/m0/s1. The van der Waals surface area contributed by atoms with Crippen molar-refractivity contribution in [3.05, 3.63) is 65.5 Å². The zero-order chi connectivity index (χ0) is 23.1. The Morgan fingerprint density at radius 3 is 2.38 bits per heavy atom. The lowest BCUT2D eigenvalue weighted by Gasteiger charge is -2.26. The van der Waals surface area contributed by atoms with Crippen molar-refractivity contribution in [1.29, 1.82) is 0 Å². The maximum Gasteiger partial charge on any atom is 0.422 e. The highest BCUT2D eigenvalue weighted by Crippen LogP contribution is 2.20. The molecule has 9 heteroatoms. The van der Waals surface area contributed by atoms with E-state index in [4.69, 9.17) is 4.74 Å². The number of nitrogens with zero attached hydrogens (tertiary/aromatic N) is 2. The Hall–Kier alpha value is -2.81. The van der Waals surface area contributed by atoms with Gasteiger partial charge in [-0.05, 0) is 61.3 Å². The van der Waals surface area contributed by atoms with Gasteiger partial charge in [-0.3, -0.25) is 0 Å². The molecule has 3 rings (SSSR count). The van der Waals surface area contributed by atoms with Crippen LogP contribution in [0.2, 0.25) is 0 Å². The molecule has 1 aliphatic heterocycles. The highest BCUT2D eigenvalue weighted by molar-refractivity contribution is 5.74. The summed E-state index contributed by atoms with van der Waals surface area (Å²) in [6.45, 7) is 1.71. The largest absolute Gasteiger partial charge is 0.484 e.